The van der Waals surface area contributed by atoms with Gasteiger partial charge < -0.3 is 10.2 Å². The molecule has 1 N–H and O–H groups in total. The summed E-state index contributed by atoms with van der Waals surface area (Å²) in [5.74, 6) is 3.34. The fourth-order valence-corrected chi connectivity index (χ4v) is 5.86. The monoisotopic (exact) mass is 262 g/mol. The molecule has 106 valence electrons. The molecule has 3 heteroatoms. The van der Waals surface area contributed by atoms with E-state index in [0.29, 0.717) is 11.3 Å². The van der Waals surface area contributed by atoms with Gasteiger partial charge in [0.25, 0.3) is 0 Å². The second kappa shape index (κ2) is 4.21. The summed E-state index contributed by atoms with van der Waals surface area (Å²) in [5.41, 5.74) is 0.552. The van der Waals surface area contributed by atoms with Crippen LogP contribution >= 0.6 is 0 Å². The third-order valence-corrected chi connectivity index (χ3v) is 6.32. The fourth-order valence-electron chi connectivity index (χ4n) is 5.86. The Labute approximate surface area is 116 Å². The van der Waals surface area contributed by atoms with Crippen LogP contribution in [0.15, 0.2) is 0 Å². The van der Waals surface area contributed by atoms with Crippen molar-refractivity contribution in [1.82, 2.24) is 10.2 Å². The van der Waals surface area contributed by atoms with Gasteiger partial charge in [-0.25, -0.2) is 0 Å². The van der Waals surface area contributed by atoms with E-state index in [4.69, 9.17) is 0 Å². The van der Waals surface area contributed by atoms with Gasteiger partial charge >= 0.3 is 0 Å². The van der Waals surface area contributed by atoms with Gasteiger partial charge in [0.1, 0.15) is 0 Å². The number of nitrogens with zero attached hydrogens (tertiary/aromatic N) is 1. The van der Waals surface area contributed by atoms with Crippen LogP contribution in [0.4, 0.5) is 0 Å². The van der Waals surface area contributed by atoms with Gasteiger partial charge in [-0.3, -0.25) is 4.79 Å². The molecular formula is C16H26N2O. The van der Waals surface area contributed by atoms with Gasteiger partial charge in [0.05, 0.1) is 6.04 Å². The molecule has 1 amide bonds. The maximum atomic E-state index is 12.0. The number of carbonyl (C=O) groups is 1. The van der Waals surface area contributed by atoms with E-state index in [1.165, 1.54) is 38.5 Å². The predicted molar refractivity (Wildman–Crippen MR) is 74.6 cm³/mol. The lowest BCUT2D eigenvalue weighted by atomic mass is 9.49. The lowest BCUT2D eigenvalue weighted by Crippen LogP contribution is -2.52. The van der Waals surface area contributed by atoms with Gasteiger partial charge in [0.15, 0.2) is 0 Å². The van der Waals surface area contributed by atoms with Crippen molar-refractivity contribution in [2.45, 2.75) is 51.0 Å². The summed E-state index contributed by atoms with van der Waals surface area (Å²) in [5, 5.41) is 3.63. The van der Waals surface area contributed by atoms with Gasteiger partial charge in [-0.05, 0) is 68.1 Å². The van der Waals surface area contributed by atoms with E-state index in [2.05, 4.69) is 5.32 Å². The molecule has 0 radical (unpaired) electrons. The Balaban J connectivity index is 1.41. The molecule has 4 aliphatic carbocycles. The molecule has 1 aliphatic heterocycles. The molecular weight excluding hydrogens is 236 g/mol. The molecule has 5 rings (SSSR count). The normalized spacial score (nSPS) is 48.3. The zero-order valence-electron chi connectivity index (χ0n) is 12.0. The second-order valence-corrected chi connectivity index (χ2v) is 7.90. The maximum Gasteiger partial charge on any atom is 0.239 e. The number of nitrogens with one attached hydrogen (secondary N) is 1. The Morgan fingerprint density at radius 1 is 1.16 bits per heavy atom. The topological polar surface area (TPSA) is 32.3 Å². The highest BCUT2D eigenvalue weighted by Crippen LogP contribution is 2.59. The minimum atomic E-state index is 0.109. The number of hydrogen-bond donors (Lipinski definition) is 1. The molecule has 4 saturated carbocycles. The first-order valence-electron chi connectivity index (χ1n) is 8.12. The van der Waals surface area contributed by atoms with Crippen molar-refractivity contribution in [3.05, 3.63) is 0 Å². The molecule has 4 bridgehead atoms. The Hall–Kier alpha value is -0.570. The van der Waals surface area contributed by atoms with Crippen LogP contribution in [0, 0.1) is 23.2 Å². The second-order valence-electron chi connectivity index (χ2n) is 7.90. The van der Waals surface area contributed by atoms with Gasteiger partial charge in [-0.2, -0.15) is 0 Å². The van der Waals surface area contributed by atoms with Crippen molar-refractivity contribution in [2.24, 2.45) is 23.2 Å². The van der Waals surface area contributed by atoms with Gasteiger partial charge in [0.2, 0.25) is 5.91 Å². The maximum absolute atomic E-state index is 12.0. The van der Waals surface area contributed by atoms with E-state index in [9.17, 15) is 4.79 Å². The first-order valence-corrected chi connectivity index (χ1v) is 8.12. The van der Waals surface area contributed by atoms with E-state index in [1.54, 1.807) is 0 Å². The average Bonchev–Trinajstić information content (AvgIpc) is 2.66. The summed E-state index contributed by atoms with van der Waals surface area (Å²) in [6.07, 6.45) is 9.81. The number of rotatable bonds is 3. The van der Waals surface area contributed by atoms with Crippen LogP contribution in [0.5, 0.6) is 0 Å². The van der Waals surface area contributed by atoms with E-state index in [-0.39, 0.29) is 6.04 Å². The lowest BCUT2D eigenvalue weighted by Gasteiger charge is -2.57. The zero-order valence-corrected chi connectivity index (χ0v) is 12.0. The number of carbonyl (C=O) groups excluding carboxylic acids is 1. The predicted octanol–water partition coefficient (Wildman–Crippen LogP) is 2.02. The first-order chi connectivity index (χ1) is 9.13. The quantitative estimate of drug-likeness (QED) is 0.844. The average molecular weight is 262 g/mol. The molecule has 0 aromatic rings. The molecule has 1 heterocycles. The van der Waals surface area contributed by atoms with Crippen LogP contribution in [0.1, 0.15) is 44.9 Å². The van der Waals surface area contributed by atoms with E-state index in [1.807, 2.05) is 11.9 Å². The van der Waals surface area contributed by atoms with Gasteiger partial charge in [-0.15, -0.1) is 0 Å². The minimum absolute atomic E-state index is 0.109. The van der Waals surface area contributed by atoms with Gasteiger partial charge in [-0.1, -0.05) is 0 Å². The van der Waals surface area contributed by atoms with Gasteiger partial charge in [0, 0.05) is 20.1 Å². The first kappa shape index (κ1) is 12.2. The SMILES string of the molecule is CN1CCC(NCC23CC4CC(CC(C4)C2)C3)C1=O. The van der Waals surface area contributed by atoms with Crippen LogP contribution in [0.2, 0.25) is 0 Å². The van der Waals surface area contributed by atoms with E-state index < -0.39 is 0 Å². The Kier molecular flexibility index (Phi) is 2.70. The van der Waals surface area contributed by atoms with Crippen molar-refractivity contribution in [1.29, 1.82) is 0 Å². The summed E-state index contributed by atoms with van der Waals surface area (Å²) in [6.45, 7) is 2.03. The molecule has 1 atom stereocenters. The van der Waals surface area contributed by atoms with Crippen molar-refractivity contribution >= 4 is 5.91 Å². The molecule has 19 heavy (non-hydrogen) atoms. The van der Waals surface area contributed by atoms with Crippen molar-refractivity contribution in [3.8, 4) is 0 Å². The van der Waals surface area contributed by atoms with Crippen LogP contribution in [0.25, 0.3) is 0 Å². The summed E-state index contributed by atoms with van der Waals surface area (Å²) in [6, 6.07) is 0.109. The summed E-state index contributed by atoms with van der Waals surface area (Å²) >= 11 is 0. The summed E-state index contributed by atoms with van der Waals surface area (Å²) in [7, 11) is 1.93. The summed E-state index contributed by atoms with van der Waals surface area (Å²) in [4.78, 5) is 13.9. The van der Waals surface area contributed by atoms with Crippen molar-refractivity contribution < 1.29 is 4.79 Å². The largest absolute Gasteiger partial charge is 0.344 e. The Morgan fingerprint density at radius 3 is 2.21 bits per heavy atom. The molecule has 0 aromatic carbocycles. The standard InChI is InChI=1S/C16H26N2O/c1-18-3-2-14(15(18)19)17-10-16-7-11-4-12(8-16)6-13(5-11)9-16/h11-14,17H,2-10H2,1H3. The molecule has 5 fully saturated rings. The number of likely N-dealkylation sites (tertiary alicyclic amines) is 1. The molecule has 0 spiro atoms. The molecule has 0 aromatic heterocycles. The lowest BCUT2D eigenvalue weighted by molar-refractivity contribution is -0.128. The highest BCUT2D eigenvalue weighted by molar-refractivity contribution is 5.83. The number of amides is 1. The Bertz CT molecular complexity index is 357. The van der Waals surface area contributed by atoms with E-state index in [0.717, 1.165) is 37.3 Å². The van der Waals surface area contributed by atoms with Crippen LogP contribution in [-0.2, 0) is 4.79 Å². The highest BCUT2D eigenvalue weighted by Gasteiger charge is 2.50. The zero-order chi connectivity index (χ0) is 13.0. The third-order valence-electron chi connectivity index (χ3n) is 6.32. The minimum Gasteiger partial charge on any atom is -0.344 e. The van der Waals surface area contributed by atoms with Crippen LogP contribution in [0.3, 0.4) is 0 Å². The molecule has 1 unspecified atom stereocenters. The third kappa shape index (κ3) is 2.01. The molecule has 1 saturated heterocycles. The number of likely N-dealkylation sites (N-methyl/N-ethyl adjacent to an activating group) is 1. The number of hydrogen-bond acceptors (Lipinski definition) is 2. The van der Waals surface area contributed by atoms with Crippen molar-refractivity contribution in [3.63, 3.8) is 0 Å². The fraction of sp³-hybridized carbons (Fsp3) is 0.938. The Morgan fingerprint density at radius 2 is 1.74 bits per heavy atom. The van der Waals surface area contributed by atoms with Crippen LogP contribution in [-0.4, -0.2) is 37.0 Å². The smallest absolute Gasteiger partial charge is 0.239 e. The van der Waals surface area contributed by atoms with E-state index >= 15 is 0 Å². The highest BCUT2D eigenvalue weighted by atomic mass is 16.2. The van der Waals surface area contributed by atoms with Crippen molar-refractivity contribution in [2.75, 3.05) is 20.1 Å². The molecule has 3 nitrogen and oxygen atoms in total. The van der Waals surface area contributed by atoms with Crippen LogP contribution < -0.4 is 5.32 Å². The summed E-state index contributed by atoms with van der Waals surface area (Å²) < 4.78 is 0. The molecule has 5 aliphatic rings.